The Bertz CT molecular complexity index is 832. The fraction of sp³-hybridized carbons (Fsp3) is 0.560. The average Bonchev–Trinajstić information content (AvgIpc) is 3.24. The lowest BCUT2D eigenvalue weighted by Crippen LogP contribution is -2.58. The Labute approximate surface area is 174 Å². The van der Waals surface area contributed by atoms with Gasteiger partial charge in [-0.15, -0.1) is 0 Å². The van der Waals surface area contributed by atoms with E-state index in [0.29, 0.717) is 0 Å². The van der Waals surface area contributed by atoms with E-state index in [1.54, 1.807) is 0 Å². The Kier molecular flexibility index (Phi) is 5.09. The van der Waals surface area contributed by atoms with Gasteiger partial charge in [0.25, 0.3) is 0 Å². The molecule has 4 nitrogen and oxygen atoms in total. The molecule has 1 N–H and O–H groups in total. The van der Waals surface area contributed by atoms with E-state index in [0.717, 1.165) is 38.2 Å². The maximum Gasteiger partial charge on any atom is 0.114 e. The number of fused-ring (bicyclic) bond motifs is 2. The summed E-state index contributed by atoms with van der Waals surface area (Å²) in [6.45, 7) is 7.53. The lowest BCUT2D eigenvalue weighted by Gasteiger charge is -2.52. The predicted octanol–water partition coefficient (Wildman–Crippen LogP) is 4.11. The van der Waals surface area contributed by atoms with E-state index in [-0.39, 0.29) is 11.8 Å². The van der Waals surface area contributed by atoms with E-state index < -0.39 is 5.60 Å². The number of rotatable bonds is 4. The first-order valence-corrected chi connectivity index (χ1v) is 11.4. The second-order valence-electron chi connectivity index (χ2n) is 9.37. The number of aliphatic hydroxyl groups is 1. The molecule has 3 aliphatic rings. The quantitative estimate of drug-likeness (QED) is 0.851. The molecule has 0 radical (unpaired) electrons. The van der Waals surface area contributed by atoms with Gasteiger partial charge in [-0.2, -0.15) is 0 Å². The van der Waals surface area contributed by atoms with Crippen LogP contribution in [0, 0.1) is 18.8 Å². The highest BCUT2D eigenvalue weighted by molar-refractivity contribution is 5.55. The zero-order valence-corrected chi connectivity index (χ0v) is 17.6. The summed E-state index contributed by atoms with van der Waals surface area (Å²) in [7, 11) is 0. The number of pyridine rings is 1. The van der Waals surface area contributed by atoms with Crippen molar-refractivity contribution in [2.45, 2.75) is 51.2 Å². The molecule has 2 bridgehead atoms. The number of aromatic nitrogens is 1. The summed E-state index contributed by atoms with van der Waals surface area (Å²) < 4.78 is 0. The first kappa shape index (κ1) is 19.1. The third-order valence-corrected chi connectivity index (χ3v) is 7.50. The van der Waals surface area contributed by atoms with E-state index in [1.165, 1.54) is 49.2 Å². The molecule has 2 saturated heterocycles. The van der Waals surface area contributed by atoms with Gasteiger partial charge in [-0.05, 0) is 61.9 Å². The normalized spacial score (nSPS) is 29.9. The molecule has 154 valence electrons. The van der Waals surface area contributed by atoms with Crippen LogP contribution in [-0.4, -0.2) is 41.2 Å². The van der Waals surface area contributed by atoms with Crippen LogP contribution in [0.1, 0.15) is 48.9 Å². The minimum atomic E-state index is -0.758. The molecular formula is C25H33N3O. The standard InChI is InChI=1S/C25H33N3O/c1-19-15-20(10-11-23(19)28-13-4-5-14-28)16-27-17-21-7-6-8-22(18-27)25(21,29)24-9-2-3-12-26-24/h2-3,9-12,15,21-22,29H,4-8,13-14,16-18H2,1H3/t21-,22-/m0/s1. The van der Waals surface area contributed by atoms with Gasteiger partial charge in [0, 0.05) is 56.4 Å². The van der Waals surface area contributed by atoms with Gasteiger partial charge in [0.05, 0.1) is 5.69 Å². The second-order valence-corrected chi connectivity index (χ2v) is 9.37. The molecule has 3 heterocycles. The van der Waals surface area contributed by atoms with Crippen LogP contribution in [0.2, 0.25) is 0 Å². The van der Waals surface area contributed by atoms with Crippen molar-refractivity contribution in [1.29, 1.82) is 0 Å². The van der Waals surface area contributed by atoms with Gasteiger partial charge in [0.15, 0.2) is 0 Å². The molecular weight excluding hydrogens is 358 g/mol. The number of anilines is 1. The maximum absolute atomic E-state index is 11.7. The minimum absolute atomic E-state index is 0.273. The van der Waals surface area contributed by atoms with E-state index in [1.807, 2.05) is 24.4 Å². The molecule has 2 atom stereocenters. The molecule has 1 aromatic heterocycles. The van der Waals surface area contributed by atoms with Crippen molar-refractivity contribution in [2.75, 3.05) is 31.1 Å². The highest BCUT2D eigenvalue weighted by Gasteiger charge is 2.52. The molecule has 5 rings (SSSR count). The van der Waals surface area contributed by atoms with Crippen molar-refractivity contribution < 1.29 is 5.11 Å². The van der Waals surface area contributed by atoms with Crippen LogP contribution < -0.4 is 4.90 Å². The fourth-order valence-corrected chi connectivity index (χ4v) is 6.08. The molecule has 4 heteroatoms. The van der Waals surface area contributed by atoms with Crippen LogP contribution in [0.25, 0.3) is 0 Å². The van der Waals surface area contributed by atoms with Crippen molar-refractivity contribution in [3.63, 3.8) is 0 Å². The largest absolute Gasteiger partial charge is 0.383 e. The van der Waals surface area contributed by atoms with Gasteiger partial charge >= 0.3 is 0 Å². The Balaban J connectivity index is 1.32. The SMILES string of the molecule is Cc1cc(CN2C[C@@H]3CCC[C@@H](C2)C3(O)c2ccccn2)ccc1N1CCCC1. The number of hydrogen-bond acceptors (Lipinski definition) is 4. The fourth-order valence-electron chi connectivity index (χ4n) is 6.08. The summed E-state index contributed by atoms with van der Waals surface area (Å²) in [6, 6.07) is 13.0. The van der Waals surface area contributed by atoms with E-state index in [4.69, 9.17) is 0 Å². The Morgan fingerprint density at radius 2 is 1.79 bits per heavy atom. The molecule has 29 heavy (non-hydrogen) atoms. The summed E-state index contributed by atoms with van der Waals surface area (Å²) in [6.07, 6.45) is 7.86. The molecule has 1 aromatic carbocycles. The number of nitrogens with zero attached hydrogens (tertiary/aromatic N) is 3. The molecule has 0 unspecified atom stereocenters. The number of aryl methyl sites for hydroxylation is 1. The molecule has 0 amide bonds. The van der Waals surface area contributed by atoms with E-state index >= 15 is 0 Å². The molecule has 3 fully saturated rings. The lowest BCUT2D eigenvalue weighted by atomic mass is 9.64. The summed E-state index contributed by atoms with van der Waals surface area (Å²) >= 11 is 0. The van der Waals surface area contributed by atoms with Gasteiger partial charge in [0.1, 0.15) is 5.60 Å². The van der Waals surface area contributed by atoms with Crippen LogP contribution in [0.4, 0.5) is 5.69 Å². The molecule has 1 aliphatic carbocycles. The lowest BCUT2D eigenvalue weighted by molar-refractivity contribution is -0.151. The maximum atomic E-state index is 11.7. The summed E-state index contributed by atoms with van der Waals surface area (Å²) in [5.41, 5.74) is 4.32. The smallest absolute Gasteiger partial charge is 0.114 e. The van der Waals surface area contributed by atoms with Crippen molar-refractivity contribution >= 4 is 5.69 Å². The number of benzene rings is 1. The highest BCUT2D eigenvalue weighted by atomic mass is 16.3. The number of likely N-dealkylation sites (tertiary alicyclic amines) is 1. The Morgan fingerprint density at radius 3 is 2.45 bits per heavy atom. The second kappa shape index (κ2) is 7.73. The van der Waals surface area contributed by atoms with Crippen molar-refractivity contribution in [2.24, 2.45) is 11.8 Å². The number of hydrogen-bond donors (Lipinski definition) is 1. The monoisotopic (exact) mass is 391 g/mol. The van der Waals surface area contributed by atoms with Gasteiger partial charge in [-0.25, -0.2) is 0 Å². The molecule has 2 aromatic rings. The minimum Gasteiger partial charge on any atom is -0.383 e. The summed E-state index contributed by atoms with van der Waals surface area (Å²) in [4.78, 5) is 9.64. The molecule has 0 spiro atoms. The zero-order valence-electron chi connectivity index (χ0n) is 17.6. The van der Waals surface area contributed by atoms with Crippen molar-refractivity contribution in [3.8, 4) is 0 Å². The van der Waals surface area contributed by atoms with E-state index in [2.05, 4.69) is 39.9 Å². The van der Waals surface area contributed by atoms with Gasteiger partial charge in [0.2, 0.25) is 0 Å². The number of piperidine rings is 1. The van der Waals surface area contributed by atoms with Crippen molar-refractivity contribution in [3.05, 3.63) is 59.4 Å². The molecule has 2 aliphatic heterocycles. The van der Waals surface area contributed by atoms with Gasteiger partial charge < -0.3 is 10.0 Å². The Morgan fingerprint density at radius 1 is 1.03 bits per heavy atom. The third kappa shape index (κ3) is 3.47. The topological polar surface area (TPSA) is 39.6 Å². The van der Waals surface area contributed by atoms with Crippen LogP contribution in [-0.2, 0) is 12.1 Å². The summed E-state index contributed by atoms with van der Waals surface area (Å²) in [5.74, 6) is 0.546. The average molecular weight is 392 g/mol. The van der Waals surface area contributed by atoms with Crippen LogP contribution in [0.3, 0.4) is 0 Å². The zero-order chi connectivity index (χ0) is 19.8. The Hall–Kier alpha value is -1.91. The molecule has 1 saturated carbocycles. The van der Waals surface area contributed by atoms with E-state index in [9.17, 15) is 5.11 Å². The van der Waals surface area contributed by atoms with Crippen LogP contribution >= 0.6 is 0 Å². The summed E-state index contributed by atoms with van der Waals surface area (Å²) in [5, 5.41) is 11.7. The van der Waals surface area contributed by atoms with Crippen LogP contribution in [0.5, 0.6) is 0 Å². The first-order valence-electron chi connectivity index (χ1n) is 11.4. The van der Waals surface area contributed by atoms with Gasteiger partial charge in [-0.1, -0.05) is 24.6 Å². The highest BCUT2D eigenvalue weighted by Crippen LogP contribution is 2.48. The third-order valence-electron chi connectivity index (χ3n) is 7.50. The van der Waals surface area contributed by atoms with Gasteiger partial charge in [-0.3, -0.25) is 9.88 Å². The predicted molar refractivity (Wildman–Crippen MR) is 117 cm³/mol. The van der Waals surface area contributed by atoms with Crippen molar-refractivity contribution in [1.82, 2.24) is 9.88 Å². The first-order chi connectivity index (χ1) is 14.1. The van der Waals surface area contributed by atoms with Crippen LogP contribution in [0.15, 0.2) is 42.6 Å².